The van der Waals surface area contributed by atoms with Gasteiger partial charge in [0.25, 0.3) is 5.91 Å². The van der Waals surface area contributed by atoms with Crippen molar-refractivity contribution < 1.29 is 19.1 Å². The predicted octanol–water partition coefficient (Wildman–Crippen LogP) is 6.34. The lowest BCUT2D eigenvalue weighted by molar-refractivity contribution is -0.123. The van der Waals surface area contributed by atoms with Crippen molar-refractivity contribution in [1.82, 2.24) is 14.7 Å². The topological polar surface area (TPSA) is 73.4 Å². The molecule has 3 amide bonds. The minimum Gasteiger partial charge on any atom is -0.444 e. The summed E-state index contributed by atoms with van der Waals surface area (Å²) in [5.41, 5.74) is 4.20. The molecule has 2 atom stereocenters. The quantitative estimate of drug-likeness (QED) is 0.355. The number of piperidine rings is 1. The van der Waals surface area contributed by atoms with Gasteiger partial charge in [-0.05, 0) is 108 Å². The molecule has 0 aliphatic carbocycles. The number of carbonyl (C=O) groups excluding carboxylic acids is 3. The van der Waals surface area contributed by atoms with Gasteiger partial charge in [-0.25, -0.2) is 4.79 Å². The third-order valence-electron chi connectivity index (χ3n) is 9.63. The Balaban J connectivity index is 1.16. The maximum absolute atomic E-state index is 13.9. The van der Waals surface area contributed by atoms with Gasteiger partial charge in [-0.3, -0.25) is 9.59 Å². The average molecular weight is 637 g/mol. The molecule has 0 bridgehead atoms. The molecular formula is C36H49ClN4O4. The van der Waals surface area contributed by atoms with Gasteiger partial charge in [0, 0.05) is 68.0 Å². The Labute approximate surface area is 273 Å². The molecule has 2 aromatic carbocycles. The molecule has 3 heterocycles. The molecule has 0 radical (unpaired) electrons. The standard InChI is InChI=1S/C36H49ClN4O4/c1-24-11-12-30(19-31(24)37)41(33(42)27-13-17-39(18-14-27)35(44)45-36(4,5)6)16-8-15-38-20-28-22-40(23-29(28)21-38)34(43)32-25(2)9-7-10-26(32)3/h7,9-12,19,27-29H,8,13-18,20-23H2,1-6H3. The highest BCUT2D eigenvalue weighted by molar-refractivity contribution is 6.31. The monoisotopic (exact) mass is 636 g/mol. The van der Waals surface area contributed by atoms with Gasteiger partial charge in [-0.2, -0.15) is 0 Å². The largest absolute Gasteiger partial charge is 0.444 e. The van der Waals surface area contributed by atoms with Crippen molar-refractivity contribution in [3.8, 4) is 0 Å². The summed E-state index contributed by atoms with van der Waals surface area (Å²) in [6.07, 6.45) is 1.75. The Morgan fingerprint density at radius 1 is 0.889 bits per heavy atom. The van der Waals surface area contributed by atoms with E-state index >= 15 is 0 Å². The van der Waals surface area contributed by atoms with E-state index < -0.39 is 5.60 Å². The number of rotatable bonds is 7. The Kier molecular flexibility index (Phi) is 10.1. The van der Waals surface area contributed by atoms with Gasteiger partial charge in [0.05, 0.1) is 0 Å². The average Bonchev–Trinajstić information content (AvgIpc) is 3.55. The highest BCUT2D eigenvalue weighted by atomic mass is 35.5. The van der Waals surface area contributed by atoms with E-state index in [-0.39, 0.29) is 23.8 Å². The third kappa shape index (κ3) is 7.83. The second-order valence-electron chi connectivity index (χ2n) is 14.3. The number of hydrogen-bond acceptors (Lipinski definition) is 5. The fraction of sp³-hybridized carbons (Fsp3) is 0.583. The molecule has 2 unspecified atom stereocenters. The first-order valence-corrected chi connectivity index (χ1v) is 16.8. The molecule has 2 aromatic rings. The fourth-order valence-corrected chi connectivity index (χ4v) is 7.35. The SMILES string of the molecule is Cc1ccc(N(CCCN2CC3CN(C(=O)c4c(C)cccc4C)CC3C2)C(=O)C2CCN(C(=O)OC(C)(C)C)CC2)cc1Cl. The molecule has 9 heteroatoms. The molecule has 3 saturated heterocycles. The van der Waals surface area contributed by atoms with Crippen molar-refractivity contribution in [2.45, 2.75) is 66.4 Å². The number of ether oxygens (including phenoxy) is 1. The minimum absolute atomic E-state index is 0.0951. The van der Waals surface area contributed by atoms with Crippen LogP contribution in [0.3, 0.4) is 0 Å². The minimum atomic E-state index is -0.545. The number of amides is 3. The van der Waals surface area contributed by atoms with Gasteiger partial charge in [-0.15, -0.1) is 0 Å². The van der Waals surface area contributed by atoms with E-state index in [2.05, 4.69) is 9.80 Å². The second kappa shape index (κ2) is 13.7. The number of carbonyl (C=O) groups is 3. The Morgan fingerprint density at radius 3 is 2.09 bits per heavy atom. The summed E-state index contributed by atoms with van der Waals surface area (Å²) >= 11 is 6.51. The lowest BCUT2D eigenvalue weighted by atomic mass is 9.95. The third-order valence-corrected chi connectivity index (χ3v) is 10.0. The van der Waals surface area contributed by atoms with Crippen LogP contribution in [0.25, 0.3) is 0 Å². The molecular weight excluding hydrogens is 588 g/mol. The van der Waals surface area contributed by atoms with Crippen LogP contribution < -0.4 is 4.90 Å². The van der Waals surface area contributed by atoms with Gasteiger partial charge < -0.3 is 24.3 Å². The fourth-order valence-electron chi connectivity index (χ4n) is 7.17. The van der Waals surface area contributed by atoms with E-state index in [0.717, 1.165) is 67.1 Å². The zero-order chi connectivity index (χ0) is 32.5. The lowest BCUT2D eigenvalue weighted by Crippen LogP contribution is -2.46. The molecule has 0 spiro atoms. The van der Waals surface area contributed by atoms with Crippen molar-refractivity contribution in [2.75, 3.05) is 57.3 Å². The molecule has 0 aromatic heterocycles. The first-order valence-electron chi connectivity index (χ1n) is 16.4. The normalized spacial score (nSPS) is 20.8. The van der Waals surface area contributed by atoms with Gasteiger partial charge >= 0.3 is 6.09 Å². The first kappa shape index (κ1) is 33.3. The molecule has 3 fully saturated rings. The van der Waals surface area contributed by atoms with Gasteiger partial charge in [0.15, 0.2) is 0 Å². The summed E-state index contributed by atoms with van der Waals surface area (Å²) in [6, 6.07) is 11.9. The summed E-state index contributed by atoms with van der Waals surface area (Å²) in [7, 11) is 0. The number of benzene rings is 2. The highest BCUT2D eigenvalue weighted by Crippen LogP contribution is 2.33. The Bertz CT molecular complexity index is 1380. The first-order chi connectivity index (χ1) is 21.3. The number of likely N-dealkylation sites (tertiary alicyclic amines) is 3. The molecule has 45 heavy (non-hydrogen) atoms. The van der Waals surface area contributed by atoms with Gasteiger partial charge in [0.2, 0.25) is 5.91 Å². The van der Waals surface area contributed by atoms with Crippen LogP contribution in [0.1, 0.15) is 67.1 Å². The van der Waals surface area contributed by atoms with Crippen molar-refractivity contribution in [2.24, 2.45) is 17.8 Å². The van der Waals surface area contributed by atoms with Crippen molar-refractivity contribution in [1.29, 1.82) is 0 Å². The zero-order valence-corrected chi connectivity index (χ0v) is 28.5. The smallest absolute Gasteiger partial charge is 0.410 e. The molecule has 3 aliphatic rings. The second-order valence-corrected chi connectivity index (χ2v) is 14.7. The van der Waals surface area contributed by atoms with Crippen LogP contribution in [-0.2, 0) is 9.53 Å². The number of halogens is 1. The van der Waals surface area contributed by atoms with Crippen LogP contribution in [0, 0.1) is 38.5 Å². The summed E-state index contributed by atoms with van der Waals surface area (Å²) in [5, 5.41) is 0.650. The predicted molar refractivity (Wildman–Crippen MR) is 179 cm³/mol. The summed E-state index contributed by atoms with van der Waals surface area (Å²) < 4.78 is 5.54. The van der Waals surface area contributed by atoms with Crippen LogP contribution in [-0.4, -0.2) is 90.6 Å². The van der Waals surface area contributed by atoms with Crippen molar-refractivity contribution in [3.05, 3.63) is 63.7 Å². The maximum Gasteiger partial charge on any atom is 0.410 e. The van der Waals surface area contributed by atoms with E-state index in [9.17, 15) is 14.4 Å². The van der Waals surface area contributed by atoms with Crippen LogP contribution in [0.5, 0.6) is 0 Å². The molecule has 8 nitrogen and oxygen atoms in total. The molecule has 3 aliphatic heterocycles. The molecule has 0 saturated carbocycles. The van der Waals surface area contributed by atoms with Crippen LogP contribution in [0.4, 0.5) is 10.5 Å². The molecule has 5 rings (SSSR count). The number of aryl methyl sites for hydroxylation is 3. The number of nitrogens with zero attached hydrogens (tertiary/aromatic N) is 4. The van der Waals surface area contributed by atoms with Crippen molar-refractivity contribution >= 4 is 35.2 Å². The van der Waals surface area contributed by atoms with Crippen molar-refractivity contribution in [3.63, 3.8) is 0 Å². The van der Waals surface area contributed by atoms with E-state index in [4.69, 9.17) is 16.3 Å². The summed E-state index contributed by atoms with van der Waals surface area (Å²) in [6.45, 7) is 17.7. The van der Waals surface area contributed by atoms with Crippen LogP contribution >= 0.6 is 11.6 Å². The molecule has 0 N–H and O–H groups in total. The highest BCUT2D eigenvalue weighted by Gasteiger charge is 2.42. The van der Waals surface area contributed by atoms with Gasteiger partial charge in [0.1, 0.15) is 5.60 Å². The zero-order valence-electron chi connectivity index (χ0n) is 27.8. The van der Waals surface area contributed by atoms with E-state index in [0.29, 0.717) is 49.3 Å². The number of anilines is 1. The van der Waals surface area contributed by atoms with E-state index in [1.54, 1.807) is 4.90 Å². The molecule has 244 valence electrons. The summed E-state index contributed by atoms with van der Waals surface area (Å²) in [4.78, 5) is 48.1. The van der Waals surface area contributed by atoms with E-state index in [1.807, 2.05) is 82.8 Å². The van der Waals surface area contributed by atoms with Crippen LogP contribution in [0.2, 0.25) is 5.02 Å². The van der Waals surface area contributed by atoms with Crippen LogP contribution in [0.15, 0.2) is 36.4 Å². The Hall–Kier alpha value is -3.10. The van der Waals surface area contributed by atoms with Gasteiger partial charge in [-0.1, -0.05) is 35.9 Å². The maximum atomic E-state index is 13.9. The number of hydrogen-bond donors (Lipinski definition) is 0. The van der Waals surface area contributed by atoms with E-state index in [1.165, 1.54) is 0 Å². The number of fused-ring (bicyclic) bond motifs is 1. The lowest BCUT2D eigenvalue weighted by Gasteiger charge is -2.35. The Morgan fingerprint density at radius 2 is 1.51 bits per heavy atom. The summed E-state index contributed by atoms with van der Waals surface area (Å²) in [5.74, 6) is 1.08.